The van der Waals surface area contributed by atoms with Gasteiger partial charge in [-0.3, -0.25) is 0 Å². The Morgan fingerprint density at radius 2 is 1.20 bits per heavy atom. The molecule has 0 N–H and O–H groups in total. The van der Waals surface area contributed by atoms with Crippen molar-refractivity contribution in [2.24, 2.45) is 0 Å². The standard InChI is InChI=1S/C41H43NO2S/c1-40(2,35-16-8-5-9-17-35)29-30-41(3,4)36-25-21-33(22-26-36)15-14-20-39(45(43,44)38-18-10-6-11-19-38)34-23-27-37(28-24-34)42-31-12-7-13-32-42/h5-6,8-11,16-19,21-28,39H,7,12-13,20,31-32H2,1-4H3. The van der Waals surface area contributed by atoms with Crippen molar-refractivity contribution in [3.63, 3.8) is 0 Å². The average Bonchev–Trinajstić information content (AvgIpc) is 3.07. The molecule has 0 bridgehead atoms. The molecule has 230 valence electrons. The van der Waals surface area contributed by atoms with Crippen LogP contribution in [-0.4, -0.2) is 21.5 Å². The Labute approximate surface area is 270 Å². The summed E-state index contributed by atoms with van der Waals surface area (Å²) < 4.78 is 27.7. The molecule has 1 unspecified atom stereocenters. The van der Waals surface area contributed by atoms with Crippen LogP contribution in [0.3, 0.4) is 0 Å². The Balaban J connectivity index is 1.35. The molecule has 4 heteroatoms. The third-order valence-corrected chi connectivity index (χ3v) is 10.9. The molecule has 0 aliphatic carbocycles. The molecule has 4 aromatic carbocycles. The predicted octanol–water partition coefficient (Wildman–Crippen LogP) is 8.89. The Morgan fingerprint density at radius 3 is 1.78 bits per heavy atom. The SMILES string of the molecule is CC(C)(C#CC(C)(C)c1ccc(C#CCC(c2ccc(N3CCCCC3)cc2)S(=O)(=O)c2ccccc2)cc1)c1ccccc1. The van der Waals surface area contributed by atoms with Crippen LogP contribution < -0.4 is 4.90 Å². The maximum atomic E-state index is 13.8. The third-order valence-electron chi connectivity index (χ3n) is 8.74. The van der Waals surface area contributed by atoms with Crippen LogP contribution in [0.25, 0.3) is 0 Å². The summed E-state index contributed by atoms with van der Waals surface area (Å²) in [5.41, 5.74) is 4.48. The van der Waals surface area contributed by atoms with E-state index in [1.54, 1.807) is 24.3 Å². The fourth-order valence-corrected chi connectivity index (χ4v) is 7.44. The molecular formula is C41H43NO2S. The van der Waals surface area contributed by atoms with E-state index >= 15 is 0 Å². The first-order valence-electron chi connectivity index (χ1n) is 15.9. The van der Waals surface area contributed by atoms with Crippen molar-refractivity contribution in [1.29, 1.82) is 0 Å². The lowest BCUT2D eigenvalue weighted by Gasteiger charge is -2.29. The Bertz CT molecular complexity index is 1790. The monoisotopic (exact) mass is 613 g/mol. The van der Waals surface area contributed by atoms with Gasteiger partial charge in [0.05, 0.1) is 15.7 Å². The van der Waals surface area contributed by atoms with Crippen molar-refractivity contribution in [2.75, 3.05) is 18.0 Å². The highest BCUT2D eigenvalue weighted by molar-refractivity contribution is 7.91. The molecule has 0 radical (unpaired) electrons. The molecule has 1 aliphatic rings. The quantitative estimate of drug-likeness (QED) is 0.195. The zero-order valence-corrected chi connectivity index (χ0v) is 27.7. The zero-order chi connectivity index (χ0) is 31.9. The lowest BCUT2D eigenvalue weighted by Crippen LogP contribution is -2.29. The minimum absolute atomic E-state index is 0.202. The van der Waals surface area contributed by atoms with Gasteiger partial charge >= 0.3 is 0 Å². The second-order valence-electron chi connectivity index (χ2n) is 12.9. The van der Waals surface area contributed by atoms with Gasteiger partial charge in [-0.15, -0.1) is 0 Å². The predicted molar refractivity (Wildman–Crippen MR) is 187 cm³/mol. The van der Waals surface area contributed by atoms with Crippen LogP contribution in [0, 0.1) is 23.7 Å². The zero-order valence-electron chi connectivity index (χ0n) is 26.9. The van der Waals surface area contributed by atoms with Crippen molar-refractivity contribution in [1.82, 2.24) is 0 Å². The van der Waals surface area contributed by atoms with Crippen molar-refractivity contribution >= 4 is 15.5 Å². The van der Waals surface area contributed by atoms with Crippen molar-refractivity contribution in [3.8, 4) is 23.7 Å². The van der Waals surface area contributed by atoms with Gasteiger partial charge in [-0.25, -0.2) is 8.42 Å². The van der Waals surface area contributed by atoms with Gasteiger partial charge in [-0.2, -0.15) is 0 Å². The summed E-state index contributed by atoms with van der Waals surface area (Å²) in [5, 5.41) is -0.760. The van der Waals surface area contributed by atoms with E-state index in [9.17, 15) is 8.42 Å². The van der Waals surface area contributed by atoms with Crippen LogP contribution in [0.15, 0.2) is 114 Å². The van der Waals surface area contributed by atoms with E-state index in [0.29, 0.717) is 4.90 Å². The van der Waals surface area contributed by atoms with Gasteiger partial charge in [-0.05, 0) is 100 Å². The second kappa shape index (κ2) is 13.8. The average molecular weight is 614 g/mol. The highest BCUT2D eigenvalue weighted by atomic mass is 32.2. The fourth-order valence-electron chi connectivity index (χ4n) is 5.76. The van der Waals surface area contributed by atoms with Gasteiger partial charge in [0.1, 0.15) is 5.25 Å². The molecule has 45 heavy (non-hydrogen) atoms. The smallest absolute Gasteiger partial charge is 0.186 e. The molecule has 0 saturated carbocycles. The number of piperidine rings is 1. The van der Waals surface area contributed by atoms with Crippen LogP contribution >= 0.6 is 0 Å². The molecule has 1 aliphatic heterocycles. The normalized spacial score (nSPS) is 14.4. The number of hydrogen-bond acceptors (Lipinski definition) is 3. The first-order chi connectivity index (χ1) is 21.6. The molecule has 1 atom stereocenters. The molecule has 1 saturated heterocycles. The molecule has 3 nitrogen and oxygen atoms in total. The molecular weight excluding hydrogens is 571 g/mol. The van der Waals surface area contributed by atoms with E-state index in [2.05, 4.69) is 105 Å². The van der Waals surface area contributed by atoms with E-state index in [1.807, 2.05) is 36.4 Å². The minimum Gasteiger partial charge on any atom is -0.372 e. The van der Waals surface area contributed by atoms with Gasteiger partial charge in [0.15, 0.2) is 9.84 Å². The number of sulfone groups is 1. The van der Waals surface area contributed by atoms with E-state index in [1.165, 1.54) is 24.8 Å². The number of benzene rings is 4. The molecule has 4 aromatic rings. The lowest BCUT2D eigenvalue weighted by molar-refractivity contribution is 0.577. The Morgan fingerprint density at radius 1 is 0.667 bits per heavy atom. The van der Waals surface area contributed by atoms with E-state index in [-0.39, 0.29) is 17.3 Å². The van der Waals surface area contributed by atoms with Crippen LogP contribution in [0.1, 0.15) is 80.9 Å². The number of hydrogen-bond donors (Lipinski definition) is 0. The Hall–Kier alpha value is -4.25. The third kappa shape index (κ3) is 7.89. The van der Waals surface area contributed by atoms with Crippen LogP contribution in [-0.2, 0) is 20.7 Å². The first kappa shape index (κ1) is 32.2. The van der Waals surface area contributed by atoms with Crippen LogP contribution in [0.4, 0.5) is 5.69 Å². The highest BCUT2D eigenvalue weighted by Gasteiger charge is 2.29. The maximum Gasteiger partial charge on any atom is 0.186 e. The van der Waals surface area contributed by atoms with Crippen LogP contribution in [0.5, 0.6) is 0 Å². The highest BCUT2D eigenvalue weighted by Crippen LogP contribution is 2.33. The molecule has 1 fully saturated rings. The van der Waals surface area contributed by atoms with Crippen molar-refractivity contribution in [3.05, 3.63) is 131 Å². The minimum atomic E-state index is -3.64. The number of nitrogens with zero attached hydrogens (tertiary/aromatic N) is 1. The van der Waals surface area contributed by atoms with Crippen LogP contribution in [0.2, 0.25) is 0 Å². The summed E-state index contributed by atoms with van der Waals surface area (Å²) in [6.45, 7) is 10.7. The van der Waals surface area contributed by atoms with E-state index < -0.39 is 15.1 Å². The second-order valence-corrected chi connectivity index (χ2v) is 15.1. The summed E-state index contributed by atoms with van der Waals surface area (Å²) in [6, 6.07) is 35.3. The summed E-state index contributed by atoms with van der Waals surface area (Å²) in [4.78, 5) is 2.70. The Kier molecular flexibility index (Phi) is 9.86. The van der Waals surface area contributed by atoms with Gasteiger partial charge < -0.3 is 4.90 Å². The van der Waals surface area contributed by atoms with E-state index in [0.717, 1.165) is 35.5 Å². The first-order valence-corrected chi connectivity index (χ1v) is 17.4. The lowest BCUT2D eigenvalue weighted by atomic mass is 9.80. The fraction of sp³-hybridized carbons (Fsp3) is 0.317. The summed E-state index contributed by atoms with van der Waals surface area (Å²) in [7, 11) is -3.64. The van der Waals surface area contributed by atoms with Gasteiger partial charge in [-0.1, -0.05) is 96.5 Å². The van der Waals surface area contributed by atoms with Gasteiger partial charge in [0.25, 0.3) is 0 Å². The molecule has 0 amide bonds. The topological polar surface area (TPSA) is 37.4 Å². The summed E-state index contributed by atoms with van der Waals surface area (Å²) in [5.74, 6) is 13.5. The molecule has 1 heterocycles. The van der Waals surface area contributed by atoms with E-state index in [4.69, 9.17) is 0 Å². The largest absolute Gasteiger partial charge is 0.372 e. The maximum absolute atomic E-state index is 13.8. The number of anilines is 1. The summed E-state index contributed by atoms with van der Waals surface area (Å²) in [6.07, 6.45) is 3.86. The molecule has 0 spiro atoms. The number of rotatable bonds is 7. The van der Waals surface area contributed by atoms with Crippen molar-refractivity contribution in [2.45, 2.75) is 74.4 Å². The molecule has 5 rings (SSSR count). The molecule has 0 aromatic heterocycles. The summed E-state index contributed by atoms with van der Waals surface area (Å²) >= 11 is 0. The van der Waals surface area contributed by atoms with Gasteiger partial charge in [0.2, 0.25) is 0 Å². The van der Waals surface area contributed by atoms with Crippen molar-refractivity contribution < 1.29 is 8.42 Å². The van der Waals surface area contributed by atoms with Gasteiger partial charge in [0, 0.05) is 30.8 Å².